The summed E-state index contributed by atoms with van der Waals surface area (Å²) in [6.07, 6.45) is 0. The molecular weight excluding hydrogens is 198 g/mol. The molecule has 1 heterocycles. The molecule has 0 atom stereocenters. The molecule has 0 bridgehead atoms. The third kappa shape index (κ3) is 2.95. The van der Waals surface area contributed by atoms with Crippen LogP contribution >= 0.6 is 0 Å². The first kappa shape index (κ1) is 13.0. The molecule has 0 aliphatic carbocycles. The Bertz CT molecular complexity index is 345. The molecule has 0 saturated carbocycles. The summed E-state index contributed by atoms with van der Waals surface area (Å²) in [5, 5.41) is 0. The minimum atomic E-state index is 0.436. The maximum atomic E-state index is 5.72. The van der Waals surface area contributed by atoms with Crippen molar-refractivity contribution in [3.8, 4) is 0 Å². The normalized spacial score (nSPS) is 11.2. The van der Waals surface area contributed by atoms with Gasteiger partial charge in [0.15, 0.2) is 0 Å². The Morgan fingerprint density at radius 3 is 2.31 bits per heavy atom. The van der Waals surface area contributed by atoms with Crippen molar-refractivity contribution in [2.75, 3.05) is 11.9 Å². The van der Waals surface area contributed by atoms with Crippen molar-refractivity contribution < 1.29 is 0 Å². The molecule has 0 aliphatic rings. The first-order valence-electron chi connectivity index (χ1n) is 5.89. The van der Waals surface area contributed by atoms with Crippen LogP contribution in [0.15, 0.2) is 12.1 Å². The highest BCUT2D eigenvalue weighted by molar-refractivity contribution is 5.43. The zero-order chi connectivity index (χ0) is 12.3. The van der Waals surface area contributed by atoms with Gasteiger partial charge in [-0.05, 0) is 37.5 Å². The molecule has 1 aromatic heterocycles. The third-order valence-electron chi connectivity index (χ3n) is 2.85. The molecule has 0 aliphatic heterocycles. The average molecular weight is 221 g/mol. The second kappa shape index (κ2) is 5.30. The molecule has 0 saturated heterocycles. The zero-order valence-corrected chi connectivity index (χ0v) is 11.0. The Balaban J connectivity index is 3.13. The van der Waals surface area contributed by atoms with E-state index >= 15 is 0 Å². The fourth-order valence-electron chi connectivity index (χ4n) is 1.45. The molecule has 0 aromatic carbocycles. The van der Waals surface area contributed by atoms with E-state index in [4.69, 9.17) is 5.73 Å². The molecule has 0 unspecified atom stereocenters. The molecule has 1 rings (SSSR count). The van der Waals surface area contributed by atoms with Gasteiger partial charge in [0.25, 0.3) is 0 Å². The van der Waals surface area contributed by atoms with E-state index in [9.17, 15) is 0 Å². The van der Waals surface area contributed by atoms with Gasteiger partial charge < -0.3 is 10.6 Å². The third-order valence-corrected chi connectivity index (χ3v) is 2.85. The Kier molecular flexibility index (Phi) is 4.30. The summed E-state index contributed by atoms with van der Waals surface area (Å²) in [6, 6.07) is 4.62. The monoisotopic (exact) mass is 221 g/mol. The molecule has 90 valence electrons. The van der Waals surface area contributed by atoms with Crippen molar-refractivity contribution in [1.29, 1.82) is 0 Å². The highest BCUT2D eigenvalue weighted by Crippen LogP contribution is 2.20. The molecule has 0 radical (unpaired) electrons. The van der Waals surface area contributed by atoms with Crippen LogP contribution in [0.5, 0.6) is 0 Å². The number of rotatable bonds is 4. The van der Waals surface area contributed by atoms with Crippen LogP contribution in [-0.2, 0) is 6.54 Å². The van der Waals surface area contributed by atoms with Crippen LogP contribution < -0.4 is 10.6 Å². The zero-order valence-electron chi connectivity index (χ0n) is 11.0. The van der Waals surface area contributed by atoms with E-state index in [2.05, 4.69) is 56.8 Å². The Morgan fingerprint density at radius 2 is 1.88 bits per heavy atom. The molecule has 0 amide bonds. The fourth-order valence-corrected chi connectivity index (χ4v) is 1.45. The topological polar surface area (TPSA) is 42.1 Å². The molecule has 0 fully saturated rings. The number of hydrogen-bond acceptors (Lipinski definition) is 3. The highest BCUT2D eigenvalue weighted by atomic mass is 15.2. The van der Waals surface area contributed by atoms with Gasteiger partial charge >= 0.3 is 0 Å². The van der Waals surface area contributed by atoms with E-state index in [1.165, 1.54) is 0 Å². The summed E-state index contributed by atoms with van der Waals surface area (Å²) in [7, 11) is 2.07. The summed E-state index contributed by atoms with van der Waals surface area (Å²) in [5.41, 5.74) is 7.99. The molecule has 16 heavy (non-hydrogen) atoms. The van der Waals surface area contributed by atoms with E-state index in [0.717, 1.165) is 17.1 Å². The number of nitrogens with two attached hydrogens (primary N) is 1. The molecule has 1 aromatic rings. The number of pyridine rings is 1. The maximum Gasteiger partial charge on any atom is 0.129 e. The van der Waals surface area contributed by atoms with E-state index in [1.54, 1.807) is 0 Å². The minimum absolute atomic E-state index is 0.436. The Hall–Kier alpha value is -1.09. The smallest absolute Gasteiger partial charge is 0.129 e. The predicted octanol–water partition coefficient (Wildman–Crippen LogP) is 2.51. The van der Waals surface area contributed by atoms with Crippen LogP contribution in [0.1, 0.15) is 44.9 Å². The SMILES string of the molecule is CC(C)c1cc(CN)cc(N(C)C(C)C)n1. The number of aromatic nitrogens is 1. The van der Waals surface area contributed by atoms with Crippen molar-refractivity contribution in [3.63, 3.8) is 0 Å². The van der Waals surface area contributed by atoms with Gasteiger partial charge in [0, 0.05) is 25.3 Å². The average Bonchev–Trinajstić information content (AvgIpc) is 2.27. The van der Waals surface area contributed by atoms with Gasteiger partial charge in [0.1, 0.15) is 5.82 Å². The second-order valence-electron chi connectivity index (χ2n) is 4.82. The van der Waals surface area contributed by atoms with Crippen molar-refractivity contribution in [3.05, 3.63) is 23.4 Å². The van der Waals surface area contributed by atoms with Crippen LogP contribution in [0.25, 0.3) is 0 Å². The van der Waals surface area contributed by atoms with Crippen molar-refractivity contribution in [2.45, 2.75) is 46.2 Å². The summed E-state index contributed by atoms with van der Waals surface area (Å²) < 4.78 is 0. The largest absolute Gasteiger partial charge is 0.357 e. The Morgan fingerprint density at radius 1 is 1.25 bits per heavy atom. The van der Waals surface area contributed by atoms with Gasteiger partial charge in [-0.25, -0.2) is 4.98 Å². The van der Waals surface area contributed by atoms with Gasteiger partial charge in [0.05, 0.1) is 0 Å². The van der Waals surface area contributed by atoms with E-state index in [1.807, 2.05) is 0 Å². The summed E-state index contributed by atoms with van der Waals surface area (Å²) in [4.78, 5) is 6.84. The second-order valence-corrected chi connectivity index (χ2v) is 4.82. The summed E-state index contributed by atoms with van der Waals surface area (Å²) >= 11 is 0. The summed E-state index contributed by atoms with van der Waals surface area (Å²) in [6.45, 7) is 9.20. The van der Waals surface area contributed by atoms with Gasteiger partial charge in [-0.3, -0.25) is 0 Å². The van der Waals surface area contributed by atoms with Crippen LogP contribution in [0.3, 0.4) is 0 Å². The van der Waals surface area contributed by atoms with E-state index < -0.39 is 0 Å². The molecular formula is C13H23N3. The van der Waals surface area contributed by atoms with Gasteiger partial charge in [-0.15, -0.1) is 0 Å². The number of nitrogens with zero attached hydrogens (tertiary/aromatic N) is 2. The lowest BCUT2D eigenvalue weighted by atomic mass is 10.1. The lowest BCUT2D eigenvalue weighted by Gasteiger charge is -2.24. The van der Waals surface area contributed by atoms with Crippen LogP contribution in [0.4, 0.5) is 5.82 Å². The Labute approximate surface area is 98.7 Å². The quantitative estimate of drug-likeness (QED) is 0.849. The van der Waals surface area contributed by atoms with Crippen LogP contribution in [0.2, 0.25) is 0 Å². The lowest BCUT2D eigenvalue weighted by Crippen LogP contribution is -2.27. The van der Waals surface area contributed by atoms with E-state index in [0.29, 0.717) is 18.5 Å². The van der Waals surface area contributed by atoms with Crippen LogP contribution in [0, 0.1) is 0 Å². The fraction of sp³-hybridized carbons (Fsp3) is 0.615. The predicted molar refractivity (Wildman–Crippen MR) is 69.8 cm³/mol. The van der Waals surface area contributed by atoms with Gasteiger partial charge in [-0.1, -0.05) is 13.8 Å². The first-order valence-corrected chi connectivity index (χ1v) is 5.89. The molecule has 3 heteroatoms. The first-order chi connectivity index (χ1) is 7.45. The molecule has 0 spiro atoms. The van der Waals surface area contributed by atoms with Crippen LogP contribution in [-0.4, -0.2) is 18.1 Å². The maximum absolute atomic E-state index is 5.72. The molecule has 3 nitrogen and oxygen atoms in total. The van der Waals surface area contributed by atoms with Gasteiger partial charge in [-0.2, -0.15) is 0 Å². The standard InChI is InChI=1S/C13H23N3/c1-9(2)12-6-11(8-14)7-13(15-12)16(5)10(3)4/h6-7,9-10H,8,14H2,1-5H3. The number of hydrogen-bond donors (Lipinski definition) is 1. The van der Waals surface area contributed by atoms with Crippen molar-refractivity contribution >= 4 is 5.82 Å². The van der Waals surface area contributed by atoms with E-state index in [-0.39, 0.29) is 0 Å². The lowest BCUT2D eigenvalue weighted by molar-refractivity contribution is 0.730. The van der Waals surface area contributed by atoms with Crippen molar-refractivity contribution in [2.24, 2.45) is 5.73 Å². The number of anilines is 1. The molecule has 2 N–H and O–H groups in total. The van der Waals surface area contributed by atoms with Crippen molar-refractivity contribution in [1.82, 2.24) is 4.98 Å². The highest BCUT2D eigenvalue weighted by Gasteiger charge is 2.10. The summed E-state index contributed by atoms with van der Waals surface area (Å²) in [5.74, 6) is 1.45. The minimum Gasteiger partial charge on any atom is -0.357 e. The van der Waals surface area contributed by atoms with Gasteiger partial charge in [0.2, 0.25) is 0 Å².